The summed E-state index contributed by atoms with van der Waals surface area (Å²) in [5, 5.41) is 3.02. The van der Waals surface area contributed by atoms with Crippen molar-refractivity contribution in [3.63, 3.8) is 0 Å². The second-order valence-electron chi connectivity index (χ2n) is 7.02. The lowest BCUT2D eigenvalue weighted by molar-refractivity contribution is -0.141. The van der Waals surface area contributed by atoms with Crippen LogP contribution < -0.4 is 16.6 Å². The van der Waals surface area contributed by atoms with Crippen LogP contribution in [0.3, 0.4) is 0 Å². The number of ether oxygens (including phenoxy) is 2. The summed E-state index contributed by atoms with van der Waals surface area (Å²) in [6.07, 6.45) is -5.51. The van der Waals surface area contributed by atoms with Gasteiger partial charge in [-0.15, -0.1) is 16.3 Å². The van der Waals surface area contributed by atoms with Crippen LogP contribution in [0.15, 0.2) is 14.6 Å². The SMILES string of the molecule is COCCn1c(=O)n(CC(F)(F)F)c(=O)c2c(C)c(CN3CCN/C3=N\C(=O)OC)sc21. The number of carbonyl (C=O) groups excluding carboxylic acids is 1. The number of carbonyl (C=O) groups is 1. The Morgan fingerprint density at radius 3 is 2.59 bits per heavy atom. The van der Waals surface area contributed by atoms with E-state index in [-0.39, 0.29) is 34.5 Å². The molecule has 0 aliphatic carbocycles. The molecule has 1 N–H and O–H groups in total. The number of halogens is 3. The number of nitrogens with zero attached hydrogens (tertiary/aromatic N) is 4. The van der Waals surface area contributed by atoms with E-state index in [0.717, 1.165) is 15.9 Å². The Labute approximate surface area is 183 Å². The van der Waals surface area contributed by atoms with Crippen LogP contribution in [-0.4, -0.2) is 66.2 Å². The summed E-state index contributed by atoms with van der Waals surface area (Å²) in [5.41, 5.74) is -1.55. The molecule has 32 heavy (non-hydrogen) atoms. The molecule has 3 rings (SSSR count). The molecule has 0 bridgehead atoms. The highest BCUT2D eigenvalue weighted by Crippen LogP contribution is 2.29. The normalized spacial score (nSPS) is 15.6. The molecule has 0 radical (unpaired) electrons. The highest BCUT2D eigenvalue weighted by Gasteiger charge is 2.32. The molecular weight excluding hydrogens is 455 g/mol. The molecule has 3 heterocycles. The summed E-state index contributed by atoms with van der Waals surface area (Å²) in [6, 6.07) is 0. The van der Waals surface area contributed by atoms with E-state index >= 15 is 0 Å². The first-order valence-electron chi connectivity index (χ1n) is 9.54. The topological polar surface area (TPSA) is 107 Å². The predicted molar refractivity (Wildman–Crippen MR) is 111 cm³/mol. The molecule has 1 aliphatic rings. The molecule has 14 heteroatoms. The van der Waals surface area contributed by atoms with Gasteiger partial charge in [-0.05, 0) is 12.5 Å². The molecule has 1 fully saturated rings. The van der Waals surface area contributed by atoms with Gasteiger partial charge in [0.05, 0.1) is 32.2 Å². The number of amides is 1. The van der Waals surface area contributed by atoms with Crippen LogP contribution in [-0.2, 0) is 29.1 Å². The highest BCUT2D eigenvalue weighted by molar-refractivity contribution is 7.18. The Morgan fingerprint density at radius 1 is 1.25 bits per heavy atom. The lowest BCUT2D eigenvalue weighted by Crippen LogP contribution is -2.43. The third-order valence-corrected chi connectivity index (χ3v) is 6.22. The highest BCUT2D eigenvalue weighted by atomic mass is 32.1. The van der Waals surface area contributed by atoms with Crippen molar-refractivity contribution in [1.29, 1.82) is 0 Å². The van der Waals surface area contributed by atoms with Gasteiger partial charge in [-0.3, -0.25) is 13.9 Å². The van der Waals surface area contributed by atoms with Gasteiger partial charge < -0.3 is 19.7 Å². The molecule has 0 atom stereocenters. The van der Waals surface area contributed by atoms with Crippen molar-refractivity contribution < 1.29 is 27.4 Å². The van der Waals surface area contributed by atoms with E-state index in [2.05, 4.69) is 15.0 Å². The largest absolute Gasteiger partial charge is 0.451 e. The second kappa shape index (κ2) is 9.32. The lowest BCUT2D eigenvalue weighted by atomic mass is 10.2. The van der Waals surface area contributed by atoms with E-state index in [9.17, 15) is 27.6 Å². The van der Waals surface area contributed by atoms with Crippen LogP contribution in [0.5, 0.6) is 0 Å². The smallest absolute Gasteiger partial charge is 0.436 e. The van der Waals surface area contributed by atoms with Gasteiger partial charge >= 0.3 is 18.0 Å². The number of thiophene rings is 1. The molecule has 0 aromatic carbocycles. The minimum atomic E-state index is -4.73. The van der Waals surface area contributed by atoms with E-state index in [1.807, 2.05) is 0 Å². The Kier molecular flexibility index (Phi) is 6.93. The lowest BCUT2D eigenvalue weighted by Gasteiger charge is -2.16. The molecule has 0 spiro atoms. The van der Waals surface area contributed by atoms with Crippen LogP contribution in [0.1, 0.15) is 10.4 Å². The minimum Gasteiger partial charge on any atom is -0.451 e. The van der Waals surface area contributed by atoms with Crippen molar-refractivity contribution >= 4 is 33.6 Å². The number of fused-ring (bicyclic) bond motifs is 1. The average molecular weight is 477 g/mol. The zero-order chi connectivity index (χ0) is 23.6. The summed E-state index contributed by atoms with van der Waals surface area (Å²) in [4.78, 5) is 43.6. The molecule has 10 nitrogen and oxygen atoms in total. The molecule has 0 unspecified atom stereocenters. The summed E-state index contributed by atoms with van der Waals surface area (Å²) in [6.45, 7) is 1.30. The van der Waals surface area contributed by atoms with Crippen molar-refractivity contribution in [1.82, 2.24) is 19.4 Å². The number of methoxy groups -OCH3 is 2. The van der Waals surface area contributed by atoms with E-state index < -0.39 is 30.1 Å². The number of guanidine groups is 1. The second-order valence-corrected chi connectivity index (χ2v) is 8.10. The Balaban J connectivity index is 2.12. The number of nitrogens with one attached hydrogen (secondary N) is 1. The van der Waals surface area contributed by atoms with E-state index in [4.69, 9.17) is 4.74 Å². The molecule has 1 saturated heterocycles. The summed E-state index contributed by atoms with van der Waals surface area (Å²) in [5.74, 6) is 0.292. The van der Waals surface area contributed by atoms with Crippen molar-refractivity contribution in [3.8, 4) is 0 Å². The van der Waals surface area contributed by atoms with Crippen molar-refractivity contribution in [2.45, 2.75) is 32.7 Å². The first-order chi connectivity index (χ1) is 15.1. The fourth-order valence-electron chi connectivity index (χ4n) is 3.38. The predicted octanol–water partition coefficient (Wildman–Crippen LogP) is 1.27. The van der Waals surface area contributed by atoms with Gasteiger partial charge in [-0.1, -0.05) is 0 Å². The van der Waals surface area contributed by atoms with Crippen molar-refractivity contribution in [3.05, 3.63) is 31.3 Å². The summed E-state index contributed by atoms with van der Waals surface area (Å²) in [7, 11) is 2.61. The number of aromatic nitrogens is 2. The first kappa shape index (κ1) is 23.8. The van der Waals surface area contributed by atoms with Gasteiger partial charge in [0.25, 0.3) is 5.56 Å². The van der Waals surface area contributed by atoms with Gasteiger partial charge in [-0.2, -0.15) is 13.2 Å². The van der Waals surface area contributed by atoms with Crippen molar-refractivity contribution in [2.75, 3.05) is 33.9 Å². The molecule has 1 amide bonds. The minimum absolute atomic E-state index is 0.0102. The monoisotopic (exact) mass is 477 g/mol. The standard InChI is InChI=1S/C18H22F3N5O5S/c1-10-11(8-24-5-4-22-15(24)23-16(28)31-3)32-14-12(10)13(27)26(9-18(19,20)21)17(29)25(14)6-7-30-2/h4-9H2,1-3H3,(H,22,23,28). The van der Waals surface area contributed by atoms with E-state index in [1.165, 1.54) is 14.2 Å². The van der Waals surface area contributed by atoms with Crippen LogP contribution in [0, 0.1) is 6.92 Å². The van der Waals surface area contributed by atoms with Crippen molar-refractivity contribution in [2.24, 2.45) is 4.99 Å². The molecular formula is C18H22F3N5O5S. The van der Waals surface area contributed by atoms with Gasteiger partial charge in [0.1, 0.15) is 11.4 Å². The van der Waals surface area contributed by atoms with Gasteiger partial charge in [-0.25, -0.2) is 9.59 Å². The number of aliphatic imine (C=N–C) groups is 1. The first-order valence-corrected chi connectivity index (χ1v) is 10.4. The van der Waals surface area contributed by atoms with Gasteiger partial charge in [0.2, 0.25) is 5.96 Å². The fourth-order valence-corrected chi connectivity index (χ4v) is 4.71. The summed E-state index contributed by atoms with van der Waals surface area (Å²) < 4.78 is 50.0. The third-order valence-electron chi connectivity index (χ3n) is 4.92. The Bertz CT molecular complexity index is 1170. The van der Waals surface area contributed by atoms with Crippen LogP contribution in [0.2, 0.25) is 0 Å². The molecule has 2 aromatic heterocycles. The fraction of sp³-hybridized carbons (Fsp3) is 0.556. The molecule has 2 aromatic rings. The summed E-state index contributed by atoms with van der Waals surface area (Å²) >= 11 is 1.14. The zero-order valence-corrected chi connectivity index (χ0v) is 18.4. The third kappa shape index (κ3) is 4.80. The maximum absolute atomic E-state index is 13.0. The maximum Gasteiger partial charge on any atom is 0.436 e. The molecule has 176 valence electrons. The number of hydrogen-bond acceptors (Lipinski definition) is 6. The zero-order valence-electron chi connectivity index (χ0n) is 17.6. The number of rotatable bonds is 6. The van der Waals surface area contributed by atoms with Crippen LogP contribution >= 0.6 is 11.3 Å². The molecule has 1 aliphatic heterocycles. The van der Waals surface area contributed by atoms with E-state index in [0.29, 0.717) is 29.5 Å². The van der Waals surface area contributed by atoms with Crippen LogP contribution in [0.4, 0.5) is 18.0 Å². The van der Waals surface area contributed by atoms with E-state index in [1.54, 1.807) is 11.8 Å². The van der Waals surface area contributed by atoms with Gasteiger partial charge in [0.15, 0.2) is 0 Å². The number of alkyl halides is 3. The Hall–Kier alpha value is -2.87. The number of aryl methyl sites for hydroxylation is 1. The quantitative estimate of drug-likeness (QED) is 0.668. The van der Waals surface area contributed by atoms with Crippen LogP contribution in [0.25, 0.3) is 10.2 Å². The Morgan fingerprint density at radius 2 is 1.97 bits per heavy atom. The average Bonchev–Trinajstić information content (AvgIpc) is 3.29. The van der Waals surface area contributed by atoms with Gasteiger partial charge in [0, 0.05) is 25.1 Å². The number of hydrogen-bond donors (Lipinski definition) is 1. The molecule has 0 saturated carbocycles. The maximum atomic E-state index is 13.0.